The Morgan fingerprint density at radius 3 is 2.88 bits per heavy atom. The molecule has 1 unspecified atom stereocenters. The summed E-state index contributed by atoms with van der Waals surface area (Å²) in [4.78, 5) is 2.44. The minimum Gasteiger partial charge on any atom is -0.380 e. The van der Waals surface area contributed by atoms with Gasteiger partial charge in [0, 0.05) is 18.7 Å². The van der Waals surface area contributed by atoms with Crippen molar-refractivity contribution in [2.24, 2.45) is 0 Å². The Hall–Kier alpha value is -0.120. The third-order valence-corrected chi connectivity index (χ3v) is 3.25. The molecule has 3 heteroatoms. The molecule has 0 aromatic rings. The lowest BCUT2D eigenvalue weighted by atomic mass is 10.0. The SMILES string of the molecule is CC(C)NCCCOCC1CCCCN1C. The van der Waals surface area contributed by atoms with Gasteiger partial charge in [0.15, 0.2) is 0 Å². The van der Waals surface area contributed by atoms with Crippen LogP contribution in [0.5, 0.6) is 0 Å². The number of likely N-dealkylation sites (tertiary alicyclic amines) is 1. The Bertz CT molecular complexity index is 173. The van der Waals surface area contributed by atoms with Crippen LogP contribution in [0.3, 0.4) is 0 Å². The highest BCUT2D eigenvalue weighted by Crippen LogP contribution is 2.14. The Kier molecular flexibility index (Phi) is 7.01. The summed E-state index contributed by atoms with van der Waals surface area (Å²) in [6, 6.07) is 1.25. The van der Waals surface area contributed by atoms with Crippen LogP contribution in [0.4, 0.5) is 0 Å². The van der Waals surface area contributed by atoms with Crippen molar-refractivity contribution in [2.45, 2.75) is 51.6 Å². The molecule has 1 fully saturated rings. The molecule has 1 rings (SSSR count). The van der Waals surface area contributed by atoms with Gasteiger partial charge in [0.25, 0.3) is 0 Å². The molecule has 0 saturated carbocycles. The van der Waals surface area contributed by atoms with E-state index in [0.29, 0.717) is 12.1 Å². The maximum Gasteiger partial charge on any atom is 0.0621 e. The molecule has 1 aliphatic rings. The van der Waals surface area contributed by atoms with Crippen LogP contribution in [0.2, 0.25) is 0 Å². The predicted molar refractivity (Wildman–Crippen MR) is 68.8 cm³/mol. The second-order valence-corrected chi connectivity index (χ2v) is 5.17. The fourth-order valence-corrected chi connectivity index (χ4v) is 2.14. The molecule has 0 aromatic heterocycles. The van der Waals surface area contributed by atoms with Crippen LogP contribution in [-0.4, -0.2) is 50.3 Å². The van der Waals surface area contributed by atoms with Crippen molar-refractivity contribution in [3.05, 3.63) is 0 Å². The molecule has 0 aliphatic carbocycles. The number of ether oxygens (including phenoxy) is 1. The van der Waals surface area contributed by atoms with Crippen molar-refractivity contribution in [3.63, 3.8) is 0 Å². The number of rotatable bonds is 7. The van der Waals surface area contributed by atoms with Gasteiger partial charge in [-0.15, -0.1) is 0 Å². The van der Waals surface area contributed by atoms with Crippen molar-refractivity contribution in [1.82, 2.24) is 10.2 Å². The van der Waals surface area contributed by atoms with Gasteiger partial charge in [-0.2, -0.15) is 0 Å². The number of nitrogens with one attached hydrogen (secondary N) is 1. The zero-order chi connectivity index (χ0) is 11.8. The molecule has 3 nitrogen and oxygen atoms in total. The Morgan fingerprint density at radius 2 is 2.19 bits per heavy atom. The normalized spacial score (nSPS) is 22.9. The molecule has 16 heavy (non-hydrogen) atoms. The van der Waals surface area contributed by atoms with Gasteiger partial charge in [-0.25, -0.2) is 0 Å². The summed E-state index contributed by atoms with van der Waals surface area (Å²) >= 11 is 0. The van der Waals surface area contributed by atoms with Gasteiger partial charge in [-0.3, -0.25) is 0 Å². The molecule has 1 N–H and O–H groups in total. The zero-order valence-electron chi connectivity index (χ0n) is 11.2. The van der Waals surface area contributed by atoms with E-state index in [1.54, 1.807) is 0 Å². The minimum absolute atomic E-state index is 0.587. The fraction of sp³-hybridized carbons (Fsp3) is 1.00. The zero-order valence-corrected chi connectivity index (χ0v) is 11.2. The summed E-state index contributed by atoms with van der Waals surface area (Å²) in [7, 11) is 2.22. The highest BCUT2D eigenvalue weighted by atomic mass is 16.5. The van der Waals surface area contributed by atoms with Crippen molar-refractivity contribution >= 4 is 0 Å². The number of piperidine rings is 1. The molecule has 0 aromatic carbocycles. The Balaban J connectivity index is 1.94. The van der Waals surface area contributed by atoms with Gasteiger partial charge in [-0.05, 0) is 39.4 Å². The lowest BCUT2D eigenvalue weighted by Gasteiger charge is -2.32. The summed E-state index contributed by atoms with van der Waals surface area (Å²) in [6.07, 6.45) is 5.15. The van der Waals surface area contributed by atoms with Crippen LogP contribution < -0.4 is 5.32 Å². The van der Waals surface area contributed by atoms with E-state index in [4.69, 9.17) is 4.74 Å². The van der Waals surface area contributed by atoms with E-state index in [1.807, 2.05) is 0 Å². The van der Waals surface area contributed by atoms with Gasteiger partial charge in [0.1, 0.15) is 0 Å². The highest BCUT2D eigenvalue weighted by Gasteiger charge is 2.18. The van der Waals surface area contributed by atoms with E-state index < -0.39 is 0 Å². The molecular weight excluding hydrogens is 200 g/mol. The second kappa shape index (κ2) is 8.04. The maximum absolute atomic E-state index is 5.74. The largest absolute Gasteiger partial charge is 0.380 e. The maximum atomic E-state index is 5.74. The minimum atomic E-state index is 0.587. The summed E-state index contributed by atoms with van der Waals surface area (Å²) < 4.78 is 5.74. The molecule has 0 spiro atoms. The first-order valence-electron chi connectivity index (χ1n) is 6.71. The molecule has 0 amide bonds. The van der Waals surface area contributed by atoms with Gasteiger partial charge in [0.05, 0.1) is 6.61 Å². The first-order chi connectivity index (χ1) is 7.70. The highest BCUT2D eigenvalue weighted by molar-refractivity contribution is 4.73. The molecule has 1 atom stereocenters. The first-order valence-corrected chi connectivity index (χ1v) is 6.71. The van der Waals surface area contributed by atoms with Gasteiger partial charge in [-0.1, -0.05) is 20.3 Å². The topological polar surface area (TPSA) is 24.5 Å². The average Bonchev–Trinajstić information content (AvgIpc) is 2.25. The molecular formula is C13H28N2O. The number of hydrogen-bond donors (Lipinski definition) is 1. The molecule has 1 saturated heterocycles. The fourth-order valence-electron chi connectivity index (χ4n) is 2.14. The van der Waals surface area contributed by atoms with E-state index >= 15 is 0 Å². The van der Waals surface area contributed by atoms with Crippen LogP contribution in [0.25, 0.3) is 0 Å². The van der Waals surface area contributed by atoms with Crippen molar-refractivity contribution in [2.75, 3.05) is 33.4 Å². The van der Waals surface area contributed by atoms with E-state index in [2.05, 4.69) is 31.1 Å². The molecule has 0 radical (unpaired) electrons. The van der Waals surface area contributed by atoms with Crippen molar-refractivity contribution in [3.8, 4) is 0 Å². The standard InChI is InChI=1S/C13H28N2O/c1-12(2)14-8-6-10-16-11-13-7-4-5-9-15(13)3/h12-14H,4-11H2,1-3H3. The van der Waals surface area contributed by atoms with Gasteiger partial charge < -0.3 is 15.0 Å². The third kappa shape index (κ3) is 5.83. The average molecular weight is 228 g/mol. The Morgan fingerprint density at radius 1 is 1.38 bits per heavy atom. The number of hydrogen-bond acceptors (Lipinski definition) is 3. The molecule has 1 heterocycles. The van der Waals surface area contributed by atoms with Gasteiger partial charge >= 0.3 is 0 Å². The van der Waals surface area contributed by atoms with E-state index in [9.17, 15) is 0 Å². The lowest BCUT2D eigenvalue weighted by Crippen LogP contribution is -2.39. The van der Waals surface area contributed by atoms with Crippen LogP contribution in [0.15, 0.2) is 0 Å². The summed E-state index contributed by atoms with van der Waals surface area (Å²) in [5.41, 5.74) is 0. The van der Waals surface area contributed by atoms with Gasteiger partial charge in [0.2, 0.25) is 0 Å². The van der Waals surface area contributed by atoms with Crippen molar-refractivity contribution in [1.29, 1.82) is 0 Å². The number of likely N-dealkylation sites (N-methyl/N-ethyl adjacent to an activating group) is 1. The Labute approximate surface area is 101 Å². The summed E-state index contributed by atoms with van der Waals surface area (Å²) in [5, 5.41) is 3.40. The van der Waals surface area contributed by atoms with Crippen LogP contribution in [0, 0.1) is 0 Å². The summed E-state index contributed by atoms with van der Waals surface area (Å²) in [6.45, 7) is 8.47. The number of nitrogens with zero attached hydrogens (tertiary/aromatic N) is 1. The molecule has 1 aliphatic heterocycles. The van der Waals surface area contributed by atoms with E-state index in [1.165, 1.54) is 25.8 Å². The van der Waals surface area contributed by atoms with E-state index in [0.717, 1.165) is 26.2 Å². The molecule has 0 bridgehead atoms. The van der Waals surface area contributed by atoms with Crippen LogP contribution in [-0.2, 0) is 4.74 Å². The smallest absolute Gasteiger partial charge is 0.0621 e. The van der Waals surface area contributed by atoms with Crippen molar-refractivity contribution < 1.29 is 4.74 Å². The quantitative estimate of drug-likeness (QED) is 0.673. The second-order valence-electron chi connectivity index (χ2n) is 5.17. The molecule has 96 valence electrons. The predicted octanol–water partition coefficient (Wildman–Crippen LogP) is 1.88. The van der Waals surface area contributed by atoms with E-state index in [-0.39, 0.29) is 0 Å². The third-order valence-electron chi connectivity index (χ3n) is 3.25. The van der Waals surface area contributed by atoms with Crippen LogP contribution in [0.1, 0.15) is 39.5 Å². The monoisotopic (exact) mass is 228 g/mol. The summed E-state index contributed by atoms with van der Waals surface area (Å²) in [5.74, 6) is 0. The van der Waals surface area contributed by atoms with Crippen LogP contribution >= 0.6 is 0 Å². The lowest BCUT2D eigenvalue weighted by molar-refractivity contribution is 0.0519. The first kappa shape index (κ1) is 13.9.